The minimum atomic E-state index is -0.467. The molecule has 0 unspecified atom stereocenters. The van der Waals surface area contributed by atoms with E-state index in [1.54, 1.807) is 12.1 Å². The molecule has 0 N–H and O–H groups in total. The van der Waals surface area contributed by atoms with Gasteiger partial charge in [0.05, 0.1) is 12.8 Å². The van der Waals surface area contributed by atoms with Gasteiger partial charge in [0.15, 0.2) is 5.71 Å². The highest BCUT2D eigenvalue weighted by atomic mass is 79.9. The van der Waals surface area contributed by atoms with E-state index in [0.717, 1.165) is 4.47 Å². The molecular formula is C9H6BrN2O2. The van der Waals surface area contributed by atoms with E-state index in [2.05, 4.69) is 31.2 Å². The number of hydrogen-bond donors (Lipinski definition) is 0. The van der Waals surface area contributed by atoms with Crippen molar-refractivity contribution in [1.29, 1.82) is 0 Å². The Balaban J connectivity index is 2.45. The van der Waals surface area contributed by atoms with E-state index in [-0.39, 0.29) is 5.71 Å². The maximum absolute atomic E-state index is 11.3. The number of halogens is 1. The maximum atomic E-state index is 11.3. The first-order valence-electron chi connectivity index (χ1n) is 3.89. The Kier molecular flexibility index (Phi) is 2.25. The lowest BCUT2D eigenvalue weighted by atomic mass is 10.1. The van der Waals surface area contributed by atoms with E-state index in [1.165, 1.54) is 7.11 Å². The third-order valence-corrected chi connectivity index (χ3v) is 2.34. The summed E-state index contributed by atoms with van der Waals surface area (Å²) in [5, 5.41) is 3.76. The summed E-state index contributed by atoms with van der Waals surface area (Å²) >= 11 is 3.31. The van der Waals surface area contributed by atoms with Crippen molar-refractivity contribution in [3.8, 4) is 0 Å². The lowest BCUT2D eigenvalue weighted by molar-refractivity contribution is -0.132. The molecule has 1 aliphatic heterocycles. The van der Waals surface area contributed by atoms with Crippen LogP contribution in [0.5, 0.6) is 0 Å². The van der Waals surface area contributed by atoms with Gasteiger partial charge in [0.25, 0.3) is 0 Å². The van der Waals surface area contributed by atoms with Crippen molar-refractivity contribution >= 4 is 33.3 Å². The number of benzene rings is 1. The van der Waals surface area contributed by atoms with E-state index < -0.39 is 5.97 Å². The highest BCUT2D eigenvalue weighted by Gasteiger charge is 2.24. The summed E-state index contributed by atoms with van der Waals surface area (Å²) in [6.45, 7) is 0. The maximum Gasteiger partial charge on any atom is 0.359 e. The molecule has 0 saturated carbocycles. The molecule has 0 amide bonds. The van der Waals surface area contributed by atoms with Crippen molar-refractivity contribution in [2.24, 2.45) is 5.10 Å². The fourth-order valence-electron chi connectivity index (χ4n) is 1.19. The molecule has 0 fully saturated rings. The Labute approximate surface area is 89.1 Å². The lowest BCUT2D eigenvalue weighted by Crippen LogP contribution is -2.14. The number of fused-ring (bicyclic) bond motifs is 1. The molecule has 14 heavy (non-hydrogen) atoms. The molecule has 0 bridgehead atoms. The number of methoxy groups -OCH3 is 1. The summed E-state index contributed by atoms with van der Waals surface area (Å²) in [5.41, 5.74) is 5.50. The first-order chi connectivity index (χ1) is 6.72. The molecule has 0 atom stereocenters. The number of nitrogens with zero attached hydrogens (tertiary/aromatic N) is 2. The van der Waals surface area contributed by atoms with Crippen LogP contribution in [-0.2, 0) is 9.53 Å². The molecule has 0 spiro atoms. The van der Waals surface area contributed by atoms with Crippen LogP contribution in [0.3, 0.4) is 0 Å². The van der Waals surface area contributed by atoms with Crippen LogP contribution in [0.25, 0.3) is 0 Å². The quantitative estimate of drug-likeness (QED) is 0.714. The van der Waals surface area contributed by atoms with E-state index >= 15 is 0 Å². The first-order valence-corrected chi connectivity index (χ1v) is 4.68. The highest BCUT2D eigenvalue weighted by molar-refractivity contribution is 9.10. The second-order valence-corrected chi connectivity index (χ2v) is 3.62. The summed E-state index contributed by atoms with van der Waals surface area (Å²) in [5.74, 6) is -0.467. The van der Waals surface area contributed by atoms with Gasteiger partial charge in [-0.15, -0.1) is 10.5 Å². The Morgan fingerprint density at radius 3 is 3.00 bits per heavy atom. The Bertz CT molecular complexity index is 429. The average molecular weight is 254 g/mol. The van der Waals surface area contributed by atoms with Gasteiger partial charge in [0.1, 0.15) is 0 Å². The van der Waals surface area contributed by atoms with E-state index in [9.17, 15) is 4.79 Å². The molecule has 0 saturated heterocycles. The van der Waals surface area contributed by atoms with Gasteiger partial charge in [-0.1, -0.05) is 15.9 Å². The topological polar surface area (TPSA) is 52.8 Å². The van der Waals surface area contributed by atoms with Crippen LogP contribution in [0.1, 0.15) is 5.56 Å². The van der Waals surface area contributed by atoms with Gasteiger partial charge in [-0.05, 0) is 18.2 Å². The number of rotatable bonds is 1. The smallest absolute Gasteiger partial charge is 0.359 e. The second-order valence-electron chi connectivity index (χ2n) is 2.70. The zero-order chi connectivity index (χ0) is 10.1. The summed E-state index contributed by atoms with van der Waals surface area (Å²) < 4.78 is 5.47. The predicted octanol–water partition coefficient (Wildman–Crippen LogP) is 1.58. The van der Waals surface area contributed by atoms with Crippen molar-refractivity contribution in [2.75, 3.05) is 7.11 Å². The number of ether oxygens (including phenoxy) is 1. The Hall–Kier alpha value is -1.36. The summed E-state index contributed by atoms with van der Waals surface area (Å²) in [7, 11) is 1.32. The molecule has 71 valence electrons. The van der Waals surface area contributed by atoms with Crippen LogP contribution in [0.4, 0.5) is 5.69 Å². The molecule has 4 nitrogen and oxygen atoms in total. The van der Waals surface area contributed by atoms with Crippen molar-refractivity contribution in [3.63, 3.8) is 0 Å². The number of hydrogen-bond acceptors (Lipinski definition) is 3. The summed E-state index contributed by atoms with van der Waals surface area (Å²) in [4.78, 5) is 11.3. The van der Waals surface area contributed by atoms with Gasteiger partial charge in [-0.2, -0.15) is 0 Å². The van der Waals surface area contributed by atoms with Crippen LogP contribution in [0.2, 0.25) is 0 Å². The van der Waals surface area contributed by atoms with Gasteiger partial charge in [-0.25, -0.2) is 4.79 Å². The normalized spacial score (nSPS) is 12.9. The molecular weight excluding hydrogens is 248 g/mol. The fraction of sp³-hybridized carbons (Fsp3) is 0.111. The van der Waals surface area contributed by atoms with Gasteiger partial charge in [-0.3, -0.25) is 0 Å². The van der Waals surface area contributed by atoms with Crippen LogP contribution >= 0.6 is 15.9 Å². The van der Waals surface area contributed by atoms with Crippen LogP contribution in [-0.4, -0.2) is 18.8 Å². The number of carbonyl (C=O) groups is 1. The number of carbonyl (C=O) groups excluding carboxylic acids is 1. The third-order valence-electron chi connectivity index (χ3n) is 1.85. The van der Waals surface area contributed by atoms with Crippen LogP contribution in [0.15, 0.2) is 27.8 Å². The van der Waals surface area contributed by atoms with Gasteiger partial charge in [0.2, 0.25) is 0 Å². The zero-order valence-electron chi connectivity index (χ0n) is 7.32. The van der Waals surface area contributed by atoms with Crippen molar-refractivity contribution < 1.29 is 9.53 Å². The summed E-state index contributed by atoms with van der Waals surface area (Å²) in [6, 6.07) is 5.43. The molecule has 1 radical (unpaired) electrons. The zero-order valence-corrected chi connectivity index (χ0v) is 8.91. The van der Waals surface area contributed by atoms with Gasteiger partial charge in [0, 0.05) is 10.0 Å². The molecule has 1 aliphatic rings. The molecule has 1 aromatic rings. The van der Waals surface area contributed by atoms with Gasteiger partial charge >= 0.3 is 5.97 Å². The standard InChI is InChI=1S/C9H6BrN2O2/c1-14-9(13)8-6-4-5(10)2-3-7(6)11-12-8/h2-4H,1H3. The molecule has 1 aromatic carbocycles. The van der Waals surface area contributed by atoms with E-state index in [4.69, 9.17) is 0 Å². The lowest BCUT2D eigenvalue weighted by Gasteiger charge is -1.99. The fourth-order valence-corrected chi connectivity index (χ4v) is 1.55. The molecule has 2 rings (SSSR count). The largest absolute Gasteiger partial charge is 0.464 e. The highest BCUT2D eigenvalue weighted by Crippen LogP contribution is 2.26. The van der Waals surface area contributed by atoms with Crippen molar-refractivity contribution in [2.45, 2.75) is 0 Å². The Morgan fingerprint density at radius 2 is 2.29 bits per heavy atom. The van der Waals surface area contributed by atoms with Crippen molar-refractivity contribution in [3.05, 3.63) is 28.2 Å². The third kappa shape index (κ3) is 1.39. The number of esters is 1. The van der Waals surface area contributed by atoms with E-state index in [0.29, 0.717) is 11.3 Å². The van der Waals surface area contributed by atoms with Crippen LogP contribution < -0.4 is 5.43 Å². The van der Waals surface area contributed by atoms with Crippen molar-refractivity contribution in [1.82, 2.24) is 5.43 Å². The summed E-state index contributed by atoms with van der Waals surface area (Å²) in [6.07, 6.45) is 0. The molecule has 5 heteroatoms. The molecule has 0 aliphatic carbocycles. The van der Waals surface area contributed by atoms with E-state index in [1.807, 2.05) is 6.07 Å². The minimum Gasteiger partial charge on any atom is -0.464 e. The monoisotopic (exact) mass is 253 g/mol. The van der Waals surface area contributed by atoms with Crippen LogP contribution in [0, 0.1) is 0 Å². The first kappa shape index (κ1) is 9.21. The predicted molar refractivity (Wildman–Crippen MR) is 54.5 cm³/mol. The molecule has 1 heterocycles. The molecule has 0 aromatic heterocycles. The SMILES string of the molecule is COC(=O)C1=N[N]c2ccc(Br)cc21. The second kappa shape index (κ2) is 3.42. The average Bonchev–Trinajstić information content (AvgIpc) is 2.59. The Morgan fingerprint density at radius 1 is 1.50 bits per heavy atom. The minimum absolute atomic E-state index is 0.254. The van der Waals surface area contributed by atoms with Gasteiger partial charge < -0.3 is 4.74 Å².